The average Bonchev–Trinajstić information content (AvgIpc) is 3.83. The lowest BCUT2D eigenvalue weighted by Gasteiger charge is -2.27. The Bertz CT molecular complexity index is 1680. The van der Waals surface area contributed by atoms with Gasteiger partial charge >= 0.3 is 22.7 Å². The Kier molecular flexibility index (Phi) is 11.3. The number of hydrogen-bond acceptors (Lipinski definition) is 10. The molecule has 2 fully saturated rings. The highest BCUT2D eigenvalue weighted by molar-refractivity contribution is 7.86. The Morgan fingerprint density at radius 2 is 1.77 bits per heavy atom. The molecule has 16 heteroatoms. The van der Waals surface area contributed by atoms with Gasteiger partial charge in [0.2, 0.25) is 0 Å². The molecule has 1 unspecified atom stereocenters. The van der Waals surface area contributed by atoms with Crippen LogP contribution in [0.1, 0.15) is 46.0 Å². The lowest BCUT2D eigenvalue weighted by atomic mass is 10.0. The van der Waals surface area contributed by atoms with Gasteiger partial charge in [0.1, 0.15) is 21.9 Å². The summed E-state index contributed by atoms with van der Waals surface area (Å²) in [6.45, 7) is -0.140. The van der Waals surface area contributed by atoms with Crippen molar-refractivity contribution < 1.29 is 49.9 Å². The van der Waals surface area contributed by atoms with Crippen molar-refractivity contribution >= 4 is 39.3 Å². The van der Waals surface area contributed by atoms with Gasteiger partial charge in [0.15, 0.2) is 23.9 Å². The first kappa shape index (κ1) is 34.9. The van der Waals surface area contributed by atoms with E-state index in [0.29, 0.717) is 54.6 Å². The zero-order chi connectivity index (χ0) is 33.7. The quantitative estimate of drug-likeness (QED) is 0.0935. The number of morpholine rings is 1. The molecule has 0 N–H and O–H groups in total. The van der Waals surface area contributed by atoms with Crippen molar-refractivity contribution in [2.24, 2.45) is 5.92 Å². The maximum atomic E-state index is 13.7. The Hall–Kier alpha value is -3.43. The van der Waals surface area contributed by atoms with Crippen molar-refractivity contribution in [3.05, 3.63) is 86.3 Å². The SMILES string of the molecule is CS(=O)(=O)Oc1cc(C(=O)OC(Cc2c(Cl)c[n+]([O-])cc2Cl)c2ccc(OC(F)F)c(OCC3CC3)c2)ccc1CN1CCOCC1. The number of carbonyl (C=O) groups is 1. The summed E-state index contributed by atoms with van der Waals surface area (Å²) >= 11 is 12.7. The second-order valence-electron chi connectivity index (χ2n) is 11.2. The number of carbonyl (C=O) groups excluding carboxylic acids is 1. The molecule has 1 aliphatic heterocycles. The second kappa shape index (κ2) is 15.2. The maximum absolute atomic E-state index is 13.7. The van der Waals surface area contributed by atoms with E-state index in [4.69, 9.17) is 41.6 Å². The van der Waals surface area contributed by atoms with E-state index in [2.05, 4.69) is 9.64 Å². The molecule has 5 rings (SSSR count). The molecule has 1 saturated carbocycles. The van der Waals surface area contributed by atoms with E-state index in [1.165, 1.54) is 30.3 Å². The van der Waals surface area contributed by atoms with Crippen LogP contribution in [0.5, 0.6) is 17.2 Å². The normalized spacial score (nSPS) is 16.1. The molecule has 0 amide bonds. The lowest BCUT2D eigenvalue weighted by molar-refractivity contribution is -0.605. The van der Waals surface area contributed by atoms with Crippen LogP contribution in [0.3, 0.4) is 0 Å². The zero-order valence-electron chi connectivity index (χ0n) is 25.2. The van der Waals surface area contributed by atoms with Crippen molar-refractivity contribution in [3.8, 4) is 17.2 Å². The van der Waals surface area contributed by atoms with E-state index in [1.54, 1.807) is 6.07 Å². The van der Waals surface area contributed by atoms with Gasteiger partial charge < -0.3 is 28.3 Å². The van der Waals surface area contributed by atoms with Crippen LogP contribution in [0.25, 0.3) is 0 Å². The average molecular weight is 718 g/mol. The monoisotopic (exact) mass is 716 g/mol. The van der Waals surface area contributed by atoms with Gasteiger partial charge in [-0.2, -0.15) is 21.9 Å². The number of pyridine rings is 1. The minimum absolute atomic E-state index is 0.00714. The van der Waals surface area contributed by atoms with E-state index in [0.717, 1.165) is 31.5 Å². The maximum Gasteiger partial charge on any atom is 0.387 e. The Balaban J connectivity index is 1.48. The molecule has 0 radical (unpaired) electrons. The van der Waals surface area contributed by atoms with E-state index < -0.39 is 28.8 Å². The van der Waals surface area contributed by atoms with Crippen LogP contribution in [0.4, 0.5) is 8.78 Å². The first-order valence-electron chi connectivity index (χ1n) is 14.7. The standard InChI is InChI=1S/C31H32Cl2F2N2O9S/c1-47(40,41)46-28-13-21(4-5-22(28)15-36-8-10-42-11-9-36)30(38)44-27(14-23-24(32)16-37(39)17-25(23)33)20-6-7-26(45-31(34)35)29(12-20)43-18-19-2-3-19/h4-7,12-13,16-17,19,27,31H,2-3,8-11,14-15,18H2,1H3. The van der Waals surface area contributed by atoms with Gasteiger partial charge in [-0.3, -0.25) is 4.90 Å². The molecule has 254 valence electrons. The predicted molar refractivity (Wildman–Crippen MR) is 167 cm³/mol. The molecule has 0 spiro atoms. The third-order valence-corrected chi connectivity index (χ3v) is 8.60. The Morgan fingerprint density at radius 1 is 1.06 bits per heavy atom. The first-order chi connectivity index (χ1) is 22.3. The molecular weight excluding hydrogens is 685 g/mol. The van der Waals surface area contributed by atoms with Gasteiger partial charge in [-0.25, -0.2) is 4.79 Å². The molecule has 1 aromatic heterocycles. The molecule has 11 nitrogen and oxygen atoms in total. The molecule has 2 aliphatic rings. The summed E-state index contributed by atoms with van der Waals surface area (Å²) < 4.78 is 78.0. The molecule has 47 heavy (non-hydrogen) atoms. The highest BCUT2D eigenvalue weighted by Crippen LogP contribution is 2.38. The molecule has 1 aliphatic carbocycles. The predicted octanol–water partition coefficient (Wildman–Crippen LogP) is 5.33. The summed E-state index contributed by atoms with van der Waals surface area (Å²) in [6.07, 6.45) is 3.73. The van der Waals surface area contributed by atoms with Gasteiger partial charge in [0.05, 0.1) is 31.6 Å². The molecule has 2 heterocycles. The third kappa shape index (κ3) is 10.0. The van der Waals surface area contributed by atoms with Crippen molar-refractivity contribution in [1.82, 2.24) is 4.90 Å². The number of halogens is 4. The van der Waals surface area contributed by atoms with Crippen LogP contribution in [0, 0.1) is 11.1 Å². The highest BCUT2D eigenvalue weighted by Gasteiger charge is 2.27. The number of benzene rings is 2. The smallest absolute Gasteiger partial charge is 0.387 e. The topological polar surface area (TPSA) is 128 Å². The summed E-state index contributed by atoms with van der Waals surface area (Å²) in [5.74, 6) is -0.780. The van der Waals surface area contributed by atoms with E-state index in [9.17, 15) is 27.2 Å². The second-order valence-corrected chi connectivity index (χ2v) is 13.6. The number of alkyl halides is 2. The Morgan fingerprint density at radius 3 is 2.40 bits per heavy atom. The van der Waals surface area contributed by atoms with Gasteiger partial charge in [0.25, 0.3) is 0 Å². The van der Waals surface area contributed by atoms with Crippen molar-refractivity contribution in [2.45, 2.75) is 38.5 Å². The van der Waals surface area contributed by atoms with Crippen LogP contribution >= 0.6 is 23.2 Å². The lowest BCUT2D eigenvalue weighted by Crippen LogP contribution is -2.35. The van der Waals surface area contributed by atoms with Gasteiger partial charge in [0, 0.05) is 37.2 Å². The minimum Gasteiger partial charge on any atom is -0.619 e. The molecular formula is C31H32Cl2F2N2O9S. The van der Waals surface area contributed by atoms with E-state index in [-0.39, 0.29) is 51.4 Å². The third-order valence-electron chi connectivity index (χ3n) is 7.47. The highest BCUT2D eigenvalue weighted by atomic mass is 35.5. The summed E-state index contributed by atoms with van der Waals surface area (Å²) in [6, 6.07) is 8.49. The number of esters is 1. The summed E-state index contributed by atoms with van der Waals surface area (Å²) in [7, 11) is -3.96. The van der Waals surface area contributed by atoms with Crippen LogP contribution in [-0.2, 0) is 32.6 Å². The summed E-state index contributed by atoms with van der Waals surface area (Å²) in [4.78, 5) is 15.7. The fraction of sp³-hybridized carbons (Fsp3) is 0.419. The number of rotatable bonds is 14. The number of nitrogens with zero attached hydrogens (tertiary/aromatic N) is 2. The van der Waals surface area contributed by atoms with Crippen LogP contribution in [0.2, 0.25) is 10.0 Å². The van der Waals surface area contributed by atoms with Crippen LogP contribution in [0.15, 0.2) is 48.8 Å². The van der Waals surface area contributed by atoms with Crippen molar-refractivity contribution in [2.75, 3.05) is 39.2 Å². The van der Waals surface area contributed by atoms with Gasteiger partial charge in [-0.15, -0.1) is 0 Å². The molecule has 1 saturated heterocycles. The first-order valence-corrected chi connectivity index (χ1v) is 17.2. The van der Waals surface area contributed by atoms with Crippen molar-refractivity contribution in [1.29, 1.82) is 0 Å². The van der Waals surface area contributed by atoms with Gasteiger partial charge in [-0.1, -0.05) is 35.3 Å². The van der Waals surface area contributed by atoms with E-state index in [1.807, 2.05) is 0 Å². The molecule has 2 aromatic carbocycles. The fourth-order valence-corrected chi connectivity index (χ4v) is 5.99. The van der Waals surface area contributed by atoms with Crippen molar-refractivity contribution in [3.63, 3.8) is 0 Å². The molecule has 3 aromatic rings. The van der Waals surface area contributed by atoms with E-state index >= 15 is 0 Å². The fourth-order valence-electron chi connectivity index (χ4n) is 4.91. The van der Waals surface area contributed by atoms with Crippen LogP contribution < -0.4 is 18.4 Å². The molecule has 1 atom stereocenters. The number of aromatic nitrogens is 1. The number of ether oxygens (including phenoxy) is 4. The summed E-state index contributed by atoms with van der Waals surface area (Å²) in [5.41, 5.74) is 1.12. The summed E-state index contributed by atoms with van der Waals surface area (Å²) in [5, 5.41) is 11.9. The number of hydrogen-bond donors (Lipinski definition) is 0. The zero-order valence-corrected chi connectivity index (χ0v) is 27.5. The minimum atomic E-state index is -3.96. The molecule has 0 bridgehead atoms. The van der Waals surface area contributed by atoms with Gasteiger partial charge in [-0.05, 0) is 48.6 Å². The largest absolute Gasteiger partial charge is 0.619 e. The van der Waals surface area contributed by atoms with Crippen LogP contribution in [-0.4, -0.2) is 65.1 Å². The Labute approximate surface area is 280 Å².